The van der Waals surface area contributed by atoms with Gasteiger partial charge in [-0.2, -0.15) is 0 Å². The lowest BCUT2D eigenvalue weighted by Crippen LogP contribution is -2.27. The number of rotatable bonds is 5. The molecule has 0 bridgehead atoms. The third-order valence-electron chi connectivity index (χ3n) is 3.89. The van der Waals surface area contributed by atoms with Gasteiger partial charge in [0, 0.05) is 12.7 Å². The fraction of sp³-hybridized carbons (Fsp3) is 0.222. The van der Waals surface area contributed by atoms with Crippen LogP contribution in [0.2, 0.25) is 0 Å². The first-order chi connectivity index (χ1) is 12.1. The molecule has 0 saturated heterocycles. The second-order valence-electron chi connectivity index (χ2n) is 5.72. The van der Waals surface area contributed by atoms with E-state index in [1.54, 1.807) is 37.3 Å². The SMILES string of the molecule is COC(=O)c1ccc(C)c(NC(=O)c2ccccc2N(C)S(C)(=O)=O)c1. The highest BCUT2D eigenvalue weighted by Crippen LogP contribution is 2.24. The summed E-state index contributed by atoms with van der Waals surface area (Å²) < 4.78 is 29.4. The Morgan fingerprint density at radius 2 is 1.77 bits per heavy atom. The minimum Gasteiger partial charge on any atom is -0.465 e. The Morgan fingerprint density at radius 1 is 1.12 bits per heavy atom. The van der Waals surface area contributed by atoms with Crippen molar-refractivity contribution in [1.29, 1.82) is 0 Å². The molecule has 26 heavy (non-hydrogen) atoms. The average Bonchev–Trinajstić information content (AvgIpc) is 2.61. The Labute approximate surface area is 152 Å². The third kappa shape index (κ3) is 4.20. The van der Waals surface area contributed by atoms with Crippen molar-refractivity contribution in [2.24, 2.45) is 0 Å². The lowest BCUT2D eigenvalue weighted by Gasteiger charge is -2.20. The van der Waals surface area contributed by atoms with Crippen molar-refractivity contribution in [1.82, 2.24) is 0 Å². The van der Waals surface area contributed by atoms with Crippen LogP contribution in [0.1, 0.15) is 26.3 Å². The van der Waals surface area contributed by atoms with Crippen LogP contribution in [-0.2, 0) is 14.8 Å². The second kappa shape index (κ2) is 7.57. The summed E-state index contributed by atoms with van der Waals surface area (Å²) >= 11 is 0. The van der Waals surface area contributed by atoms with Crippen molar-refractivity contribution in [3.05, 3.63) is 59.2 Å². The Morgan fingerprint density at radius 3 is 2.38 bits per heavy atom. The second-order valence-corrected chi connectivity index (χ2v) is 7.74. The molecular formula is C18H20N2O5S. The molecule has 0 unspecified atom stereocenters. The molecule has 0 aliphatic rings. The van der Waals surface area contributed by atoms with Crippen LogP contribution >= 0.6 is 0 Å². The highest BCUT2D eigenvalue weighted by atomic mass is 32.2. The maximum atomic E-state index is 12.7. The molecule has 2 aromatic carbocycles. The average molecular weight is 376 g/mol. The van der Waals surface area contributed by atoms with Gasteiger partial charge in [0.15, 0.2) is 0 Å². The number of esters is 1. The minimum atomic E-state index is -3.52. The van der Waals surface area contributed by atoms with Crippen LogP contribution in [0.25, 0.3) is 0 Å². The van der Waals surface area contributed by atoms with E-state index in [1.807, 2.05) is 0 Å². The number of ether oxygens (including phenoxy) is 1. The zero-order valence-corrected chi connectivity index (χ0v) is 15.8. The molecule has 0 atom stereocenters. The van der Waals surface area contributed by atoms with E-state index in [0.29, 0.717) is 11.3 Å². The van der Waals surface area contributed by atoms with Crippen molar-refractivity contribution < 1.29 is 22.7 Å². The predicted molar refractivity (Wildman–Crippen MR) is 100 cm³/mol. The lowest BCUT2D eigenvalue weighted by molar-refractivity contribution is 0.0600. The molecule has 7 nitrogen and oxygen atoms in total. The fourth-order valence-corrected chi connectivity index (χ4v) is 2.83. The van der Waals surface area contributed by atoms with Crippen molar-refractivity contribution in [2.45, 2.75) is 6.92 Å². The minimum absolute atomic E-state index is 0.197. The van der Waals surface area contributed by atoms with Gasteiger partial charge in [0.25, 0.3) is 5.91 Å². The number of hydrogen-bond donors (Lipinski definition) is 1. The van der Waals surface area contributed by atoms with Crippen LogP contribution in [0.5, 0.6) is 0 Å². The van der Waals surface area contributed by atoms with E-state index in [0.717, 1.165) is 16.1 Å². The van der Waals surface area contributed by atoms with E-state index in [2.05, 4.69) is 10.1 Å². The van der Waals surface area contributed by atoms with Crippen LogP contribution < -0.4 is 9.62 Å². The molecule has 0 fully saturated rings. The maximum absolute atomic E-state index is 12.7. The molecule has 0 heterocycles. The number of para-hydroxylation sites is 1. The van der Waals surface area contributed by atoms with Crippen molar-refractivity contribution in [3.63, 3.8) is 0 Å². The van der Waals surface area contributed by atoms with E-state index in [1.165, 1.54) is 26.3 Å². The Kier molecular flexibility index (Phi) is 5.66. The van der Waals surface area contributed by atoms with Crippen LogP contribution in [0.4, 0.5) is 11.4 Å². The summed E-state index contributed by atoms with van der Waals surface area (Å²) in [6.45, 7) is 1.78. The van der Waals surface area contributed by atoms with E-state index in [9.17, 15) is 18.0 Å². The predicted octanol–water partition coefficient (Wildman–Crippen LogP) is 2.43. The van der Waals surface area contributed by atoms with Crippen LogP contribution in [-0.4, -0.2) is 40.7 Å². The van der Waals surface area contributed by atoms with Gasteiger partial charge in [-0.25, -0.2) is 13.2 Å². The summed E-state index contributed by atoms with van der Waals surface area (Å²) in [6, 6.07) is 11.2. The molecular weight excluding hydrogens is 356 g/mol. The van der Waals surface area contributed by atoms with Gasteiger partial charge in [0.1, 0.15) is 0 Å². The number of anilines is 2. The van der Waals surface area contributed by atoms with Gasteiger partial charge < -0.3 is 10.1 Å². The van der Waals surface area contributed by atoms with E-state index >= 15 is 0 Å². The third-order valence-corrected chi connectivity index (χ3v) is 5.08. The lowest BCUT2D eigenvalue weighted by atomic mass is 10.1. The summed E-state index contributed by atoms with van der Waals surface area (Å²) in [4.78, 5) is 24.4. The number of hydrogen-bond acceptors (Lipinski definition) is 5. The normalized spacial score (nSPS) is 10.9. The van der Waals surface area contributed by atoms with Gasteiger partial charge in [-0.15, -0.1) is 0 Å². The van der Waals surface area contributed by atoms with E-state index < -0.39 is 21.9 Å². The highest BCUT2D eigenvalue weighted by molar-refractivity contribution is 7.92. The van der Waals surface area contributed by atoms with Crippen molar-refractivity contribution in [3.8, 4) is 0 Å². The number of aryl methyl sites for hydroxylation is 1. The number of nitrogens with zero attached hydrogens (tertiary/aromatic N) is 1. The molecule has 138 valence electrons. The Bertz CT molecular complexity index is 954. The molecule has 0 aliphatic heterocycles. The van der Waals surface area contributed by atoms with Crippen molar-refractivity contribution >= 4 is 33.3 Å². The van der Waals surface area contributed by atoms with Gasteiger partial charge in [-0.1, -0.05) is 18.2 Å². The van der Waals surface area contributed by atoms with Crippen molar-refractivity contribution in [2.75, 3.05) is 30.0 Å². The molecule has 0 spiro atoms. The zero-order chi connectivity index (χ0) is 19.5. The van der Waals surface area contributed by atoms with Gasteiger partial charge >= 0.3 is 5.97 Å². The summed E-state index contributed by atoms with van der Waals surface area (Å²) in [7, 11) is -0.867. The molecule has 0 aliphatic carbocycles. The number of benzene rings is 2. The monoisotopic (exact) mass is 376 g/mol. The summed E-state index contributed by atoms with van der Waals surface area (Å²) in [5.74, 6) is -1.00. The maximum Gasteiger partial charge on any atom is 0.337 e. The largest absolute Gasteiger partial charge is 0.465 e. The molecule has 2 aromatic rings. The fourth-order valence-electron chi connectivity index (χ4n) is 2.31. The zero-order valence-electron chi connectivity index (χ0n) is 14.9. The van der Waals surface area contributed by atoms with Crippen LogP contribution in [0, 0.1) is 6.92 Å². The summed E-state index contributed by atoms with van der Waals surface area (Å²) in [5.41, 5.74) is 1.95. The Hall–Kier alpha value is -2.87. The van der Waals surface area contributed by atoms with Gasteiger partial charge in [-0.05, 0) is 36.8 Å². The number of amides is 1. The number of methoxy groups -OCH3 is 1. The first-order valence-corrected chi connectivity index (χ1v) is 9.53. The van der Waals surface area contributed by atoms with E-state index in [4.69, 9.17) is 0 Å². The van der Waals surface area contributed by atoms with E-state index in [-0.39, 0.29) is 11.3 Å². The molecule has 2 rings (SSSR count). The highest BCUT2D eigenvalue weighted by Gasteiger charge is 2.20. The molecule has 0 aromatic heterocycles. The standard InChI is InChI=1S/C18H20N2O5S/c1-12-9-10-13(18(22)25-3)11-15(12)19-17(21)14-7-5-6-8-16(14)20(2)26(4,23)24/h5-11H,1-4H3,(H,19,21). The molecule has 1 N–H and O–H groups in total. The molecule has 0 radical (unpaired) electrons. The molecule has 1 amide bonds. The summed E-state index contributed by atoms with van der Waals surface area (Å²) in [5, 5.41) is 2.72. The smallest absolute Gasteiger partial charge is 0.337 e. The van der Waals surface area contributed by atoms with Gasteiger partial charge in [0.2, 0.25) is 10.0 Å². The van der Waals surface area contributed by atoms with Crippen LogP contribution in [0.3, 0.4) is 0 Å². The molecule has 8 heteroatoms. The van der Waals surface area contributed by atoms with Gasteiger partial charge in [0.05, 0.1) is 30.2 Å². The number of carbonyl (C=O) groups excluding carboxylic acids is 2. The quantitative estimate of drug-likeness (QED) is 0.809. The topological polar surface area (TPSA) is 92.8 Å². The Balaban J connectivity index is 2.39. The first kappa shape index (κ1) is 19.5. The van der Waals surface area contributed by atoms with Crippen LogP contribution in [0.15, 0.2) is 42.5 Å². The summed E-state index contributed by atoms with van der Waals surface area (Å²) in [6.07, 6.45) is 1.06. The molecule has 0 saturated carbocycles. The first-order valence-electron chi connectivity index (χ1n) is 7.68. The number of carbonyl (C=O) groups is 2. The number of sulfonamides is 1. The number of nitrogens with one attached hydrogen (secondary N) is 1. The van der Waals surface area contributed by atoms with Gasteiger partial charge in [-0.3, -0.25) is 9.10 Å².